The lowest BCUT2D eigenvalue weighted by Gasteiger charge is -2.15. The van der Waals surface area contributed by atoms with Crippen LogP contribution in [0.2, 0.25) is 0 Å². The van der Waals surface area contributed by atoms with E-state index in [9.17, 15) is 4.79 Å². The first-order valence-corrected chi connectivity index (χ1v) is 5.07. The van der Waals surface area contributed by atoms with Crippen molar-refractivity contribution in [1.82, 2.24) is 0 Å². The highest BCUT2D eigenvalue weighted by molar-refractivity contribution is 5.91. The number of nitriles is 1. The van der Waals surface area contributed by atoms with Gasteiger partial charge in [-0.05, 0) is 31.0 Å². The molecule has 0 radical (unpaired) electrons. The molecule has 1 aliphatic rings. The van der Waals surface area contributed by atoms with Gasteiger partial charge < -0.3 is 4.74 Å². The zero-order valence-corrected chi connectivity index (χ0v) is 9.23. The summed E-state index contributed by atoms with van der Waals surface area (Å²) in [4.78, 5) is 13.1. The van der Waals surface area contributed by atoms with Crippen molar-refractivity contribution in [3.8, 4) is 6.07 Å². The largest absolute Gasteiger partial charge is 0.428 e. The minimum Gasteiger partial charge on any atom is -0.428 e. The van der Waals surface area contributed by atoms with Crippen LogP contribution in [0.1, 0.15) is 11.1 Å². The van der Waals surface area contributed by atoms with Crippen LogP contribution in [0.15, 0.2) is 18.2 Å². The number of hydrogen-bond donors (Lipinski definition) is 0. The summed E-state index contributed by atoms with van der Waals surface area (Å²) in [5, 5.41) is 8.72. The smallest absolute Gasteiger partial charge is 0.415 e. The summed E-state index contributed by atoms with van der Waals surface area (Å²) < 4.78 is 4.90. The predicted octanol–water partition coefficient (Wildman–Crippen LogP) is 2.15. The minimum absolute atomic E-state index is 0.305. The zero-order chi connectivity index (χ0) is 11.7. The highest BCUT2D eigenvalue weighted by Crippen LogP contribution is 2.26. The van der Waals surface area contributed by atoms with Crippen LogP contribution in [0, 0.1) is 25.2 Å². The molecule has 1 heterocycles. The van der Waals surface area contributed by atoms with E-state index < -0.39 is 12.2 Å². The van der Waals surface area contributed by atoms with Gasteiger partial charge in [-0.2, -0.15) is 5.26 Å². The van der Waals surface area contributed by atoms with E-state index in [1.807, 2.05) is 38.1 Å². The summed E-state index contributed by atoms with van der Waals surface area (Å²) in [6, 6.07) is 7.81. The van der Waals surface area contributed by atoms with Gasteiger partial charge in [0.2, 0.25) is 6.10 Å². The Morgan fingerprint density at radius 1 is 1.50 bits per heavy atom. The van der Waals surface area contributed by atoms with Gasteiger partial charge in [0.15, 0.2) is 0 Å². The molecule has 4 nitrogen and oxygen atoms in total. The Labute approximate surface area is 94.0 Å². The number of hydrogen-bond acceptors (Lipinski definition) is 3. The Balaban J connectivity index is 2.35. The minimum atomic E-state index is -0.660. The lowest BCUT2D eigenvalue weighted by Crippen LogP contribution is -2.25. The maximum absolute atomic E-state index is 11.6. The molecule has 1 atom stereocenters. The Hall–Kier alpha value is -2.02. The number of anilines is 1. The van der Waals surface area contributed by atoms with Gasteiger partial charge in [-0.15, -0.1) is 0 Å². The van der Waals surface area contributed by atoms with Crippen molar-refractivity contribution in [2.45, 2.75) is 20.0 Å². The third-order valence-electron chi connectivity index (χ3n) is 2.61. The molecule has 1 aromatic rings. The number of aryl methyl sites for hydroxylation is 2. The summed E-state index contributed by atoms with van der Waals surface area (Å²) >= 11 is 0. The third-order valence-corrected chi connectivity index (χ3v) is 2.61. The Morgan fingerprint density at radius 2 is 2.25 bits per heavy atom. The van der Waals surface area contributed by atoms with Crippen LogP contribution >= 0.6 is 0 Å². The van der Waals surface area contributed by atoms with Crippen LogP contribution in [0.3, 0.4) is 0 Å². The SMILES string of the molecule is Cc1ccc(C)c(N2CC(C#N)OC2=O)c1. The second-order valence-electron chi connectivity index (χ2n) is 3.90. The van der Waals surface area contributed by atoms with E-state index in [2.05, 4.69) is 0 Å². The maximum Gasteiger partial charge on any atom is 0.415 e. The molecule has 0 spiro atoms. The molecule has 1 aromatic carbocycles. The molecule has 0 N–H and O–H groups in total. The fourth-order valence-electron chi connectivity index (χ4n) is 1.74. The summed E-state index contributed by atoms with van der Waals surface area (Å²) in [6.07, 6.45) is -1.10. The molecule has 0 aliphatic carbocycles. The van der Waals surface area contributed by atoms with Crippen molar-refractivity contribution in [2.24, 2.45) is 0 Å². The number of carbonyl (C=O) groups excluding carboxylic acids is 1. The van der Waals surface area contributed by atoms with E-state index in [1.54, 1.807) is 0 Å². The molecule has 1 unspecified atom stereocenters. The van der Waals surface area contributed by atoms with Crippen LogP contribution in [0.25, 0.3) is 0 Å². The molecule has 2 rings (SSSR count). The molecule has 0 saturated carbocycles. The van der Waals surface area contributed by atoms with Crippen molar-refractivity contribution in [3.63, 3.8) is 0 Å². The van der Waals surface area contributed by atoms with Gasteiger partial charge in [-0.3, -0.25) is 4.90 Å². The van der Waals surface area contributed by atoms with Gasteiger partial charge in [0.05, 0.1) is 12.2 Å². The second kappa shape index (κ2) is 3.86. The first kappa shape index (κ1) is 10.5. The average Bonchev–Trinajstić information content (AvgIpc) is 2.63. The van der Waals surface area contributed by atoms with Gasteiger partial charge in [-0.25, -0.2) is 4.79 Å². The number of cyclic esters (lactones) is 1. The Bertz CT molecular complexity index is 476. The monoisotopic (exact) mass is 216 g/mol. The molecular formula is C12H12N2O2. The van der Waals surface area contributed by atoms with Gasteiger partial charge in [0, 0.05) is 0 Å². The summed E-state index contributed by atoms with van der Waals surface area (Å²) in [6.45, 7) is 4.20. The molecule has 1 saturated heterocycles. The number of carbonyl (C=O) groups is 1. The van der Waals surface area contributed by atoms with Crippen LogP contribution in [-0.2, 0) is 4.74 Å². The number of ether oxygens (including phenoxy) is 1. The van der Waals surface area contributed by atoms with E-state index in [-0.39, 0.29) is 0 Å². The van der Waals surface area contributed by atoms with Crippen LogP contribution < -0.4 is 4.90 Å². The van der Waals surface area contributed by atoms with E-state index in [0.717, 1.165) is 16.8 Å². The number of rotatable bonds is 1. The summed E-state index contributed by atoms with van der Waals surface area (Å²) in [5.41, 5.74) is 2.90. The normalized spacial score (nSPS) is 19.4. The topological polar surface area (TPSA) is 53.3 Å². The maximum atomic E-state index is 11.6. The van der Waals surface area contributed by atoms with Crippen molar-refractivity contribution in [3.05, 3.63) is 29.3 Å². The number of amides is 1. The average molecular weight is 216 g/mol. The number of benzene rings is 1. The summed E-state index contributed by atoms with van der Waals surface area (Å²) in [7, 11) is 0. The van der Waals surface area contributed by atoms with E-state index in [4.69, 9.17) is 10.00 Å². The predicted molar refractivity (Wildman–Crippen MR) is 59.1 cm³/mol. The molecule has 4 heteroatoms. The molecular weight excluding hydrogens is 204 g/mol. The number of nitrogens with zero attached hydrogens (tertiary/aromatic N) is 2. The molecule has 0 bridgehead atoms. The van der Waals surface area contributed by atoms with Crippen molar-refractivity contribution in [2.75, 3.05) is 11.4 Å². The van der Waals surface area contributed by atoms with E-state index in [0.29, 0.717) is 6.54 Å². The van der Waals surface area contributed by atoms with Gasteiger partial charge >= 0.3 is 6.09 Å². The van der Waals surface area contributed by atoms with Gasteiger partial charge in [-0.1, -0.05) is 12.1 Å². The molecule has 16 heavy (non-hydrogen) atoms. The van der Waals surface area contributed by atoms with Crippen molar-refractivity contribution >= 4 is 11.8 Å². The van der Waals surface area contributed by atoms with Gasteiger partial charge in [0.25, 0.3) is 0 Å². The van der Waals surface area contributed by atoms with E-state index >= 15 is 0 Å². The first-order chi connectivity index (χ1) is 7.61. The molecule has 0 aromatic heterocycles. The second-order valence-corrected chi connectivity index (χ2v) is 3.90. The quantitative estimate of drug-likeness (QED) is 0.722. The van der Waals surface area contributed by atoms with Crippen LogP contribution in [-0.4, -0.2) is 18.7 Å². The fourth-order valence-corrected chi connectivity index (χ4v) is 1.74. The first-order valence-electron chi connectivity index (χ1n) is 5.07. The molecule has 82 valence electrons. The fraction of sp³-hybridized carbons (Fsp3) is 0.333. The van der Waals surface area contributed by atoms with Crippen molar-refractivity contribution < 1.29 is 9.53 Å². The molecule has 1 fully saturated rings. The molecule has 1 aliphatic heterocycles. The Morgan fingerprint density at radius 3 is 2.88 bits per heavy atom. The highest BCUT2D eigenvalue weighted by atomic mass is 16.6. The summed E-state index contributed by atoms with van der Waals surface area (Å²) in [5.74, 6) is 0. The third kappa shape index (κ3) is 1.72. The Kier molecular flexibility index (Phi) is 2.53. The highest BCUT2D eigenvalue weighted by Gasteiger charge is 2.32. The molecule has 1 amide bonds. The van der Waals surface area contributed by atoms with Gasteiger partial charge in [0.1, 0.15) is 6.07 Å². The lowest BCUT2D eigenvalue weighted by atomic mass is 10.1. The van der Waals surface area contributed by atoms with E-state index in [1.165, 1.54) is 4.90 Å². The lowest BCUT2D eigenvalue weighted by molar-refractivity contribution is 0.162. The zero-order valence-electron chi connectivity index (χ0n) is 9.23. The van der Waals surface area contributed by atoms with Crippen LogP contribution in [0.5, 0.6) is 0 Å². The van der Waals surface area contributed by atoms with Crippen molar-refractivity contribution in [1.29, 1.82) is 5.26 Å². The standard InChI is InChI=1S/C12H12N2O2/c1-8-3-4-9(2)11(5-8)14-7-10(6-13)16-12(14)15/h3-5,10H,7H2,1-2H3. The van der Waals surface area contributed by atoms with Crippen LogP contribution in [0.4, 0.5) is 10.5 Å².